The van der Waals surface area contributed by atoms with Crippen LogP contribution in [0.2, 0.25) is 0 Å². The number of allylic oxidation sites excluding steroid dienone is 2. The van der Waals surface area contributed by atoms with Gasteiger partial charge in [0.15, 0.2) is 0 Å². The predicted molar refractivity (Wildman–Crippen MR) is 249 cm³/mol. The molecule has 0 aromatic heterocycles. The molecule has 354 valence electrons. The van der Waals surface area contributed by atoms with E-state index in [9.17, 15) is 9.59 Å². The molecule has 0 aromatic carbocycles. The van der Waals surface area contributed by atoms with Crippen molar-refractivity contribution >= 4 is 11.9 Å². The number of rotatable bonds is 39. The Morgan fingerprint density at radius 2 is 0.800 bits per heavy atom. The number of esters is 2. The second kappa shape index (κ2) is 41.5. The van der Waals surface area contributed by atoms with Crippen LogP contribution >= 0.6 is 0 Å². The van der Waals surface area contributed by atoms with Gasteiger partial charge in [0.2, 0.25) is 0 Å². The summed E-state index contributed by atoms with van der Waals surface area (Å²) < 4.78 is 33.5. The van der Waals surface area contributed by atoms with E-state index < -0.39 is 0 Å². The average Bonchev–Trinajstić information content (AvgIpc) is 3.74. The molecule has 2 aliphatic rings. The van der Waals surface area contributed by atoms with Crippen LogP contribution < -0.4 is 0 Å². The maximum absolute atomic E-state index is 11.8. The monoisotopic (exact) mass is 851 g/mol. The van der Waals surface area contributed by atoms with Crippen molar-refractivity contribution in [1.82, 2.24) is 0 Å². The van der Waals surface area contributed by atoms with E-state index in [0.29, 0.717) is 75.1 Å². The zero-order valence-electron chi connectivity index (χ0n) is 40.3. The Morgan fingerprint density at radius 1 is 0.450 bits per heavy atom. The third-order valence-electron chi connectivity index (χ3n) is 12.7. The second-order valence-corrected chi connectivity index (χ2v) is 18.3. The Bertz CT molecular complexity index is 987. The Labute approximate surface area is 371 Å². The first kappa shape index (κ1) is 56.5. The largest absolute Gasteiger partial charge is 0.466 e. The summed E-state index contributed by atoms with van der Waals surface area (Å²) >= 11 is 0. The molecule has 0 aromatic rings. The maximum Gasteiger partial charge on any atom is 0.305 e. The van der Waals surface area contributed by atoms with Gasteiger partial charge in [-0.1, -0.05) is 156 Å². The fourth-order valence-electron chi connectivity index (χ4n) is 7.94. The van der Waals surface area contributed by atoms with Crippen molar-refractivity contribution in [3.05, 3.63) is 12.2 Å². The highest BCUT2D eigenvalue weighted by atomic mass is 16.5. The topological polar surface area (TPSA) is 89.5 Å². The summed E-state index contributed by atoms with van der Waals surface area (Å²) in [6, 6.07) is 0. The molecule has 0 amide bonds. The number of ether oxygens (including phenoxy) is 6. The van der Waals surface area contributed by atoms with Gasteiger partial charge >= 0.3 is 11.9 Å². The standard InChI is InChI=1S/C29H54O4.C23H44O4/c1-4-5-6-7-8-9-10-11-12-13-14-15-16-17-18-20-29(30)32-23-19-22-31-24-21-28-27(3)26(2)25-33-28;1-4-5-6-7-8-9-10-11-12-14-23(24)26-17-13-16-25-18-15-22-21(3)20(2)19-27-22/h11-12,26-28H,4-10,13-25H2,1-3H3;20-22H,4-19H2,1-3H3/b12-11-;/t26?,27-,28?;20?,21-,22?/m00/s1. The van der Waals surface area contributed by atoms with E-state index in [1.54, 1.807) is 0 Å². The lowest BCUT2D eigenvalue weighted by Crippen LogP contribution is -2.18. The molecule has 0 saturated carbocycles. The molecule has 0 N–H and O–H groups in total. The van der Waals surface area contributed by atoms with Crippen molar-refractivity contribution in [2.45, 2.75) is 234 Å². The first-order valence-electron chi connectivity index (χ1n) is 25.6. The van der Waals surface area contributed by atoms with Gasteiger partial charge in [0.1, 0.15) is 0 Å². The summed E-state index contributed by atoms with van der Waals surface area (Å²) in [5.41, 5.74) is 0. The highest BCUT2D eigenvalue weighted by Gasteiger charge is 2.31. The SMILES string of the molecule is CCCCCCCC/C=C\CCCCCCCC(=O)OCCCOCCC1OCC(C)[C@@H]1C.CCCCCCCCCCCC(=O)OCCCOCCC1OCC(C)[C@@H]1C. The van der Waals surface area contributed by atoms with Crippen molar-refractivity contribution in [1.29, 1.82) is 0 Å². The molecular formula is C52H98O8. The molecule has 6 atom stereocenters. The predicted octanol–water partition coefficient (Wildman–Crippen LogP) is 14.0. The molecular weight excluding hydrogens is 753 g/mol. The van der Waals surface area contributed by atoms with Crippen LogP contribution in [0.5, 0.6) is 0 Å². The summed E-state index contributed by atoms with van der Waals surface area (Å²) in [5, 5.41) is 0. The van der Waals surface area contributed by atoms with Crippen molar-refractivity contribution in [2.75, 3.05) is 52.9 Å². The Hall–Kier alpha value is -1.48. The van der Waals surface area contributed by atoms with Gasteiger partial charge in [0, 0.05) is 65.3 Å². The molecule has 60 heavy (non-hydrogen) atoms. The van der Waals surface area contributed by atoms with Gasteiger partial charge in [-0.25, -0.2) is 0 Å². The average molecular weight is 851 g/mol. The van der Waals surface area contributed by atoms with E-state index in [1.807, 2.05) is 0 Å². The third-order valence-corrected chi connectivity index (χ3v) is 12.7. The van der Waals surface area contributed by atoms with Crippen molar-refractivity contribution in [3.8, 4) is 0 Å². The molecule has 8 nitrogen and oxygen atoms in total. The van der Waals surface area contributed by atoms with Crippen LogP contribution in [-0.4, -0.2) is 77.0 Å². The summed E-state index contributed by atoms with van der Waals surface area (Å²) in [5.74, 6) is 2.42. The van der Waals surface area contributed by atoms with Gasteiger partial charge in [0.25, 0.3) is 0 Å². The lowest BCUT2D eigenvalue weighted by atomic mass is 9.93. The minimum Gasteiger partial charge on any atom is -0.466 e. The van der Waals surface area contributed by atoms with E-state index in [-0.39, 0.29) is 11.9 Å². The van der Waals surface area contributed by atoms with Crippen LogP contribution in [0.1, 0.15) is 221 Å². The van der Waals surface area contributed by atoms with E-state index in [0.717, 1.165) is 77.8 Å². The maximum atomic E-state index is 11.8. The number of carbonyl (C=O) groups is 2. The van der Waals surface area contributed by atoms with Crippen molar-refractivity contribution < 1.29 is 38.0 Å². The van der Waals surface area contributed by atoms with Gasteiger partial charge in [0.05, 0.1) is 25.4 Å². The molecule has 0 radical (unpaired) electrons. The second-order valence-electron chi connectivity index (χ2n) is 18.3. The van der Waals surface area contributed by atoms with Crippen molar-refractivity contribution in [2.24, 2.45) is 23.7 Å². The van der Waals surface area contributed by atoms with Crippen LogP contribution in [0.4, 0.5) is 0 Å². The molecule has 0 bridgehead atoms. The summed E-state index contributed by atoms with van der Waals surface area (Å²) in [4.78, 5) is 23.5. The lowest BCUT2D eigenvalue weighted by molar-refractivity contribution is -0.145. The molecule has 2 aliphatic heterocycles. The molecule has 0 spiro atoms. The highest BCUT2D eigenvalue weighted by molar-refractivity contribution is 5.69. The summed E-state index contributed by atoms with van der Waals surface area (Å²) in [7, 11) is 0. The first-order valence-corrected chi connectivity index (χ1v) is 25.6. The molecule has 2 rings (SSSR count). The Kier molecular flexibility index (Phi) is 39.1. The smallest absolute Gasteiger partial charge is 0.305 e. The zero-order chi connectivity index (χ0) is 43.7. The van der Waals surface area contributed by atoms with Gasteiger partial charge < -0.3 is 28.4 Å². The molecule has 2 fully saturated rings. The van der Waals surface area contributed by atoms with Crippen LogP contribution in [0.15, 0.2) is 12.2 Å². The number of carbonyl (C=O) groups excluding carboxylic acids is 2. The first-order chi connectivity index (χ1) is 29.3. The zero-order valence-corrected chi connectivity index (χ0v) is 40.3. The van der Waals surface area contributed by atoms with Gasteiger partial charge in [-0.05, 0) is 75.0 Å². The van der Waals surface area contributed by atoms with E-state index in [1.165, 1.54) is 116 Å². The molecule has 4 unspecified atom stereocenters. The number of hydrogen-bond acceptors (Lipinski definition) is 8. The molecule has 0 aliphatic carbocycles. The van der Waals surface area contributed by atoms with Gasteiger partial charge in [-0.3, -0.25) is 9.59 Å². The van der Waals surface area contributed by atoms with E-state index >= 15 is 0 Å². The quantitative estimate of drug-likeness (QED) is 0.0343. The normalized spacial score (nSPS) is 21.4. The summed E-state index contributed by atoms with van der Waals surface area (Å²) in [6.07, 6.45) is 37.9. The van der Waals surface area contributed by atoms with Crippen LogP contribution in [0.25, 0.3) is 0 Å². The highest BCUT2D eigenvalue weighted by Crippen LogP contribution is 2.29. The van der Waals surface area contributed by atoms with Gasteiger partial charge in [-0.2, -0.15) is 0 Å². The fraction of sp³-hybridized carbons (Fsp3) is 0.923. The minimum atomic E-state index is -0.0604. The van der Waals surface area contributed by atoms with Crippen LogP contribution in [0.3, 0.4) is 0 Å². The minimum absolute atomic E-state index is 0.0555. The van der Waals surface area contributed by atoms with Crippen LogP contribution in [0, 0.1) is 23.7 Å². The van der Waals surface area contributed by atoms with E-state index in [2.05, 4.69) is 53.7 Å². The number of hydrogen-bond donors (Lipinski definition) is 0. The van der Waals surface area contributed by atoms with Crippen molar-refractivity contribution in [3.63, 3.8) is 0 Å². The Morgan fingerprint density at radius 3 is 1.15 bits per heavy atom. The molecule has 2 saturated heterocycles. The lowest BCUT2D eigenvalue weighted by Gasteiger charge is -2.16. The Balaban J connectivity index is 0.000000612. The number of unbranched alkanes of at least 4 members (excludes halogenated alkanes) is 19. The molecule has 2 heterocycles. The fourth-order valence-corrected chi connectivity index (χ4v) is 7.94. The van der Waals surface area contributed by atoms with Gasteiger partial charge in [-0.15, -0.1) is 0 Å². The van der Waals surface area contributed by atoms with Crippen LogP contribution in [-0.2, 0) is 38.0 Å². The third kappa shape index (κ3) is 33.1. The van der Waals surface area contributed by atoms with E-state index in [4.69, 9.17) is 28.4 Å². The molecule has 8 heteroatoms. The summed E-state index contributed by atoms with van der Waals surface area (Å²) in [6.45, 7) is 19.0.